The molecule has 1 N–H and O–H groups in total. The number of aryl methyl sites for hydroxylation is 2. The first-order valence-corrected chi connectivity index (χ1v) is 10.4. The van der Waals surface area contributed by atoms with E-state index in [4.69, 9.17) is 11.6 Å². The Morgan fingerprint density at radius 1 is 0.900 bits per heavy atom. The summed E-state index contributed by atoms with van der Waals surface area (Å²) in [4.78, 5) is 25.8. The summed E-state index contributed by atoms with van der Waals surface area (Å²) in [5.41, 5.74) is 7.14. The molecule has 0 unspecified atom stereocenters. The van der Waals surface area contributed by atoms with E-state index < -0.39 is 0 Å². The zero-order chi connectivity index (χ0) is 21.3. The number of nitrogens with zero attached hydrogens (tertiary/aromatic N) is 1. The normalized spacial score (nSPS) is 13.0. The van der Waals surface area contributed by atoms with Crippen LogP contribution in [-0.4, -0.2) is 11.8 Å². The van der Waals surface area contributed by atoms with Crippen LogP contribution in [0.2, 0.25) is 5.02 Å². The molecule has 4 nitrogen and oxygen atoms in total. The summed E-state index contributed by atoms with van der Waals surface area (Å²) < 4.78 is 0. The van der Waals surface area contributed by atoms with Crippen molar-refractivity contribution in [1.82, 2.24) is 0 Å². The molecule has 2 amide bonds. The minimum absolute atomic E-state index is 0.00602. The second kappa shape index (κ2) is 8.33. The Balaban J connectivity index is 1.76. The van der Waals surface area contributed by atoms with Crippen molar-refractivity contribution in [2.24, 2.45) is 0 Å². The highest BCUT2D eigenvalue weighted by Crippen LogP contribution is 2.34. The first kappa shape index (κ1) is 20.2. The summed E-state index contributed by atoms with van der Waals surface area (Å²) >= 11 is 6.22. The van der Waals surface area contributed by atoms with Crippen LogP contribution in [0.4, 0.5) is 11.4 Å². The second-order valence-corrected chi connectivity index (χ2v) is 8.02. The van der Waals surface area contributed by atoms with E-state index in [0.29, 0.717) is 11.6 Å². The van der Waals surface area contributed by atoms with Gasteiger partial charge in [-0.3, -0.25) is 9.59 Å². The van der Waals surface area contributed by atoms with Gasteiger partial charge >= 0.3 is 0 Å². The number of carbonyl (C=O) groups is 2. The van der Waals surface area contributed by atoms with Gasteiger partial charge in [0.1, 0.15) is 0 Å². The molecule has 30 heavy (non-hydrogen) atoms. The van der Waals surface area contributed by atoms with Crippen molar-refractivity contribution >= 4 is 34.8 Å². The van der Waals surface area contributed by atoms with Crippen molar-refractivity contribution in [3.8, 4) is 11.1 Å². The minimum Gasteiger partial charge on any atom is -0.326 e. The van der Waals surface area contributed by atoms with E-state index in [1.54, 1.807) is 6.92 Å². The van der Waals surface area contributed by atoms with Crippen molar-refractivity contribution in [3.63, 3.8) is 0 Å². The maximum absolute atomic E-state index is 12.4. The summed E-state index contributed by atoms with van der Waals surface area (Å²) in [6.45, 7) is 3.63. The third kappa shape index (κ3) is 4.10. The highest BCUT2D eigenvalue weighted by Gasteiger charge is 2.21. The number of amides is 2. The van der Waals surface area contributed by atoms with Crippen LogP contribution in [0.1, 0.15) is 30.5 Å². The van der Waals surface area contributed by atoms with Crippen LogP contribution < -0.4 is 10.2 Å². The molecule has 0 atom stereocenters. The zero-order valence-electron chi connectivity index (χ0n) is 17.0. The van der Waals surface area contributed by atoms with Gasteiger partial charge in [-0.2, -0.15) is 0 Å². The summed E-state index contributed by atoms with van der Waals surface area (Å²) in [7, 11) is 0. The molecule has 4 rings (SSSR count). The largest absolute Gasteiger partial charge is 0.326 e. The highest BCUT2D eigenvalue weighted by molar-refractivity contribution is 6.30. The molecule has 1 heterocycles. The van der Waals surface area contributed by atoms with Gasteiger partial charge in [0.25, 0.3) is 0 Å². The third-order valence-corrected chi connectivity index (χ3v) is 5.69. The van der Waals surface area contributed by atoms with Crippen molar-refractivity contribution in [2.45, 2.75) is 33.2 Å². The third-order valence-electron chi connectivity index (χ3n) is 5.46. The highest BCUT2D eigenvalue weighted by atomic mass is 35.5. The lowest BCUT2D eigenvalue weighted by molar-refractivity contribution is -0.117. The number of fused-ring (bicyclic) bond motifs is 2. The number of anilines is 2. The van der Waals surface area contributed by atoms with Crippen molar-refractivity contribution < 1.29 is 9.59 Å². The Morgan fingerprint density at radius 2 is 1.67 bits per heavy atom. The van der Waals surface area contributed by atoms with E-state index in [-0.39, 0.29) is 11.8 Å². The van der Waals surface area contributed by atoms with Gasteiger partial charge in [-0.1, -0.05) is 48.0 Å². The maximum Gasteiger partial charge on any atom is 0.224 e. The van der Waals surface area contributed by atoms with Gasteiger partial charge in [-0.25, -0.2) is 0 Å². The standard InChI is InChI=1S/C25H23ClN2O2/c1-16(29)27-24-6-4-3-5-23(24)19-8-10-21-15-28(17(2)30)25-12-11-22(26)14-20(25)9-7-18(21)13-19/h3-6,8,10-14H,7,9,15H2,1-2H3,(H,27,29). The fraction of sp³-hybridized carbons (Fsp3) is 0.200. The molecule has 1 aliphatic heterocycles. The van der Waals surface area contributed by atoms with E-state index in [1.807, 2.05) is 47.4 Å². The van der Waals surface area contributed by atoms with Crippen molar-refractivity contribution in [2.75, 3.05) is 10.2 Å². The van der Waals surface area contributed by atoms with E-state index in [9.17, 15) is 9.59 Å². The van der Waals surface area contributed by atoms with Gasteiger partial charge in [0.2, 0.25) is 11.8 Å². The first-order chi connectivity index (χ1) is 14.4. The van der Waals surface area contributed by atoms with Gasteiger partial charge in [-0.05, 0) is 59.4 Å². The lowest BCUT2D eigenvalue weighted by Crippen LogP contribution is -2.30. The predicted octanol–water partition coefficient (Wildman–Crippen LogP) is 5.62. The van der Waals surface area contributed by atoms with E-state index in [2.05, 4.69) is 23.5 Å². The molecule has 0 saturated carbocycles. The van der Waals surface area contributed by atoms with Crippen LogP contribution in [0.5, 0.6) is 0 Å². The number of carbonyl (C=O) groups excluding carboxylic acids is 2. The number of hydrogen-bond donors (Lipinski definition) is 1. The summed E-state index contributed by atoms with van der Waals surface area (Å²) in [5.74, 6) is -0.0919. The maximum atomic E-state index is 12.4. The Morgan fingerprint density at radius 3 is 2.43 bits per heavy atom. The van der Waals surface area contributed by atoms with Crippen LogP contribution in [-0.2, 0) is 29.0 Å². The van der Waals surface area contributed by atoms with Crippen LogP contribution in [0.3, 0.4) is 0 Å². The van der Waals surface area contributed by atoms with Crippen molar-refractivity contribution in [1.29, 1.82) is 0 Å². The molecule has 0 bridgehead atoms. The van der Waals surface area contributed by atoms with Gasteiger partial charge in [0.15, 0.2) is 0 Å². The summed E-state index contributed by atoms with van der Waals surface area (Å²) in [6, 6.07) is 19.8. The molecule has 0 spiro atoms. The molecule has 5 heteroatoms. The molecule has 0 aromatic heterocycles. The molecule has 0 radical (unpaired) electrons. The Kier molecular flexibility index (Phi) is 5.60. The molecule has 0 fully saturated rings. The zero-order valence-corrected chi connectivity index (χ0v) is 17.8. The molecule has 3 aromatic carbocycles. The number of rotatable bonds is 2. The topological polar surface area (TPSA) is 49.4 Å². The number of hydrogen-bond acceptors (Lipinski definition) is 2. The molecule has 1 aliphatic rings. The predicted molar refractivity (Wildman–Crippen MR) is 122 cm³/mol. The van der Waals surface area contributed by atoms with Crippen LogP contribution >= 0.6 is 11.6 Å². The monoisotopic (exact) mass is 418 g/mol. The molecule has 3 aromatic rings. The second-order valence-electron chi connectivity index (χ2n) is 7.59. The number of para-hydroxylation sites is 1. The van der Waals surface area contributed by atoms with Gasteiger partial charge < -0.3 is 10.2 Å². The summed E-state index contributed by atoms with van der Waals surface area (Å²) in [5, 5.41) is 3.59. The summed E-state index contributed by atoms with van der Waals surface area (Å²) in [6.07, 6.45) is 1.65. The smallest absolute Gasteiger partial charge is 0.224 e. The Hall–Kier alpha value is -3.11. The lowest BCUT2D eigenvalue weighted by Gasteiger charge is -2.28. The van der Waals surface area contributed by atoms with E-state index >= 15 is 0 Å². The van der Waals surface area contributed by atoms with Gasteiger partial charge in [0.05, 0.1) is 6.54 Å². The molecule has 0 aliphatic carbocycles. The number of benzene rings is 3. The fourth-order valence-corrected chi connectivity index (χ4v) is 4.23. The van der Waals surface area contributed by atoms with E-state index in [1.165, 1.54) is 12.5 Å². The van der Waals surface area contributed by atoms with Crippen LogP contribution in [0.15, 0.2) is 60.7 Å². The molecular formula is C25H23ClN2O2. The molecule has 0 saturated heterocycles. The van der Waals surface area contributed by atoms with Crippen LogP contribution in [0, 0.1) is 0 Å². The van der Waals surface area contributed by atoms with Gasteiger partial charge in [-0.15, -0.1) is 0 Å². The average Bonchev–Trinajstić information content (AvgIpc) is 2.69. The van der Waals surface area contributed by atoms with Crippen LogP contribution in [0.25, 0.3) is 11.1 Å². The van der Waals surface area contributed by atoms with Crippen molar-refractivity contribution in [3.05, 3.63) is 82.4 Å². The minimum atomic E-state index is -0.0979. The quantitative estimate of drug-likeness (QED) is 0.587. The lowest BCUT2D eigenvalue weighted by atomic mass is 9.92. The number of halogens is 1. The molecular weight excluding hydrogens is 396 g/mol. The first-order valence-electron chi connectivity index (χ1n) is 9.97. The number of nitrogens with one attached hydrogen (secondary N) is 1. The van der Waals surface area contributed by atoms with E-state index in [0.717, 1.165) is 46.5 Å². The Labute approximate surface area is 181 Å². The van der Waals surface area contributed by atoms with Gasteiger partial charge in [0, 0.05) is 35.8 Å². The Bertz CT molecular complexity index is 1140. The molecule has 152 valence electrons. The fourth-order valence-electron chi connectivity index (χ4n) is 4.04. The average molecular weight is 419 g/mol. The SMILES string of the molecule is CC(=O)Nc1ccccc1-c1ccc2c(c1)CCc1cc(Cl)ccc1N(C(C)=O)C2.